The van der Waals surface area contributed by atoms with E-state index >= 15 is 0 Å². The Morgan fingerprint density at radius 1 is 0.981 bits per heavy atom. The van der Waals surface area contributed by atoms with Crippen molar-refractivity contribution in [2.24, 2.45) is 5.16 Å². The SMILES string of the molecule is CC(C)(ON=C(C(=O)N[C@@H]1C(=O)N2C(C(=O)O)=C(C=CCCl)CS[C@@H]12)c1csc(NC(c2ccccc2)(c2ccccc2)c2ccccc2)n1)C(=O)O. The third kappa shape index (κ3) is 7.43. The molecular weight excluding hydrogens is 738 g/mol. The Morgan fingerprint density at radius 3 is 2.06 bits per heavy atom. The monoisotopic (exact) mass is 771 g/mol. The molecule has 1 fully saturated rings. The van der Waals surface area contributed by atoms with Crippen molar-refractivity contribution in [1.82, 2.24) is 15.2 Å². The Morgan fingerprint density at radius 2 is 1.55 bits per heavy atom. The van der Waals surface area contributed by atoms with Gasteiger partial charge in [-0.1, -0.05) is 108 Å². The predicted molar refractivity (Wildman–Crippen MR) is 204 cm³/mol. The lowest BCUT2D eigenvalue weighted by Gasteiger charge is -2.49. The maximum absolute atomic E-state index is 14.0. The van der Waals surface area contributed by atoms with Gasteiger partial charge in [-0.15, -0.1) is 34.7 Å². The number of hydrogen-bond donors (Lipinski definition) is 4. The van der Waals surface area contributed by atoms with E-state index in [9.17, 15) is 29.4 Å². The fourth-order valence-corrected chi connectivity index (χ4v) is 8.11. The van der Waals surface area contributed by atoms with E-state index in [0.717, 1.165) is 21.6 Å². The number of amides is 2. The topological polar surface area (TPSA) is 171 Å². The van der Waals surface area contributed by atoms with Crippen LogP contribution in [0, 0.1) is 0 Å². The van der Waals surface area contributed by atoms with Gasteiger partial charge in [-0.25, -0.2) is 14.6 Å². The van der Waals surface area contributed by atoms with E-state index in [0.29, 0.717) is 10.7 Å². The predicted octanol–water partition coefficient (Wildman–Crippen LogP) is 5.66. The van der Waals surface area contributed by atoms with E-state index in [-0.39, 0.29) is 28.7 Å². The normalized spacial score (nSPS) is 17.6. The van der Waals surface area contributed by atoms with Crippen LogP contribution < -0.4 is 10.6 Å². The second-order valence-corrected chi connectivity index (χ2v) is 14.7. The number of nitrogens with zero attached hydrogens (tertiary/aromatic N) is 3. The summed E-state index contributed by atoms with van der Waals surface area (Å²) in [6, 6.07) is 28.4. The number of anilines is 1. The summed E-state index contributed by atoms with van der Waals surface area (Å²) in [6.45, 7) is 2.55. The van der Waals surface area contributed by atoms with Gasteiger partial charge < -0.3 is 25.7 Å². The molecule has 3 heterocycles. The number of fused-ring (bicyclic) bond motifs is 1. The highest BCUT2D eigenvalue weighted by atomic mass is 35.5. The molecule has 0 unspecified atom stereocenters. The van der Waals surface area contributed by atoms with E-state index in [1.54, 1.807) is 17.5 Å². The van der Waals surface area contributed by atoms with Crippen LogP contribution in [0.3, 0.4) is 0 Å². The van der Waals surface area contributed by atoms with Gasteiger partial charge in [0.15, 0.2) is 10.8 Å². The van der Waals surface area contributed by atoms with Gasteiger partial charge in [0, 0.05) is 17.0 Å². The molecule has 0 saturated carbocycles. The number of alkyl halides is 1. The van der Waals surface area contributed by atoms with Gasteiger partial charge in [0.25, 0.3) is 11.8 Å². The minimum Gasteiger partial charge on any atom is -0.478 e. The number of carbonyl (C=O) groups excluding carboxylic acids is 2. The third-order valence-corrected chi connectivity index (χ3v) is 10.9. The first-order chi connectivity index (χ1) is 25.5. The number of carboxylic acid groups (broad SMARTS) is 2. The zero-order chi connectivity index (χ0) is 37.8. The summed E-state index contributed by atoms with van der Waals surface area (Å²) in [5.41, 5.74) is -0.0808. The van der Waals surface area contributed by atoms with Crippen LogP contribution in [-0.2, 0) is 29.6 Å². The number of nitrogens with one attached hydrogen (secondary N) is 2. The molecule has 12 nitrogen and oxygen atoms in total. The summed E-state index contributed by atoms with van der Waals surface area (Å²) >= 11 is 8.22. The molecule has 0 aliphatic carbocycles. The summed E-state index contributed by atoms with van der Waals surface area (Å²) in [5.74, 6) is -3.67. The number of halogens is 1. The summed E-state index contributed by atoms with van der Waals surface area (Å²) in [6.07, 6.45) is 3.16. The second-order valence-electron chi connectivity index (χ2n) is 12.5. The van der Waals surface area contributed by atoms with Crippen LogP contribution in [-0.4, -0.2) is 78.2 Å². The highest BCUT2D eigenvalue weighted by Crippen LogP contribution is 2.42. The number of allylic oxidation sites excluding steroid dienone is 2. The van der Waals surface area contributed by atoms with Crippen molar-refractivity contribution in [2.75, 3.05) is 16.9 Å². The number of oxime groups is 1. The Bertz CT molecular complexity index is 2010. The molecule has 53 heavy (non-hydrogen) atoms. The zero-order valence-electron chi connectivity index (χ0n) is 28.4. The van der Waals surface area contributed by atoms with E-state index in [4.69, 9.17) is 21.4 Å². The number of benzene rings is 3. The van der Waals surface area contributed by atoms with Crippen molar-refractivity contribution in [3.8, 4) is 0 Å². The number of aromatic nitrogens is 1. The molecule has 4 aromatic rings. The van der Waals surface area contributed by atoms with Gasteiger partial charge in [0.2, 0.25) is 5.60 Å². The Hall–Kier alpha value is -5.44. The number of rotatable bonds is 14. The molecular formula is C38H34ClN5O7S2. The van der Waals surface area contributed by atoms with Crippen LogP contribution in [0.4, 0.5) is 5.13 Å². The number of hydrogen-bond acceptors (Lipinski definition) is 10. The standard InChI is InChI=1S/C38H34ClN5O7S2/c1-37(2,35(49)50)51-43-28(31(45)41-29-32(46)44-30(34(47)48)23(13-12-20-39)21-52-33(29)44)27-22-53-36(40-27)42-38(24-14-6-3-7-15-24,25-16-8-4-9-17-25)26-18-10-5-11-19-26/h3-19,22,29,33H,20-21H2,1-2H3,(H,40,42)(H,41,45)(H,47,48)(H,49,50)/t29-,33+/m1/s1. The van der Waals surface area contributed by atoms with Crippen molar-refractivity contribution in [2.45, 2.75) is 36.4 Å². The van der Waals surface area contributed by atoms with Crippen LogP contribution in [0.1, 0.15) is 36.2 Å². The summed E-state index contributed by atoms with van der Waals surface area (Å²) in [7, 11) is 0. The lowest BCUT2D eigenvalue weighted by molar-refractivity contribution is -0.161. The molecule has 6 rings (SSSR count). The van der Waals surface area contributed by atoms with Crippen LogP contribution in [0.2, 0.25) is 0 Å². The molecule has 15 heteroatoms. The van der Waals surface area contributed by atoms with Crippen molar-refractivity contribution in [3.05, 3.63) is 142 Å². The van der Waals surface area contributed by atoms with Gasteiger partial charge >= 0.3 is 11.9 Å². The van der Waals surface area contributed by atoms with Gasteiger partial charge in [0.1, 0.15) is 28.3 Å². The second kappa shape index (κ2) is 15.7. The van der Waals surface area contributed by atoms with Crippen LogP contribution in [0.15, 0.2) is 125 Å². The van der Waals surface area contributed by atoms with Crippen LogP contribution >= 0.6 is 34.7 Å². The molecule has 2 aliphatic rings. The Kier molecular flexibility index (Phi) is 11.0. The summed E-state index contributed by atoms with van der Waals surface area (Å²) < 4.78 is 0. The van der Waals surface area contributed by atoms with Crippen molar-refractivity contribution in [3.63, 3.8) is 0 Å². The smallest absolute Gasteiger partial charge is 0.352 e. The van der Waals surface area contributed by atoms with Gasteiger partial charge in [0.05, 0.1) is 0 Å². The minimum absolute atomic E-state index is 0.0545. The average molecular weight is 772 g/mol. The van der Waals surface area contributed by atoms with E-state index < -0.39 is 46.3 Å². The van der Waals surface area contributed by atoms with Crippen molar-refractivity contribution >= 4 is 69.3 Å². The van der Waals surface area contributed by atoms with Crippen LogP contribution in [0.5, 0.6) is 0 Å². The molecule has 1 saturated heterocycles. The molecule has 0 bridgehead atoms. The van der Waals surface area contributed by atoms with Gasteiger partial charge in [-0.2, -0.15) is 0 Å². The average Bonchev–Trinajstić information content (AvgIpc) is 3.63. The molecule has 272 valence electrons. The summed E-state index contributed by atoms with van der Waals surface area (Å²) in [5, 5.41) is 31.2. The lowest BCUT2D eigenvalue weighted by Crippen LogP contribution is -2.71. The molecule has 4 N–H and O–H groups in total. The number of aliphatic carboxylic acids is 2. The molecule has 2 atom stereocenters. The summed E-state index contributed by atoms with van der Waals surface area (Å²) in [4.78, 5) is 62.7. The fraction of sp³-hybridized carbons (Fsp3) is 0.211. The van der Waals surface area contributed by atoms with E-state index in [1.165, 1.54) is 36.9 Å². The first kappa shape index (κ1) is 37.3. The van der Waals surface area contributed by atoms with Crippen molar-refractivity contribution in [1.29, 1.82) is 0 Å². The van der Waals surface area contributed by atoms with E-state index in [2.05, 4.69) is 15.8 Å². The number of thiazole rings is 1. The number of carboxylic acids is 2. The maximum atomic E-state index is 14.0. The van der Waals surface area contributed by atoms with Gasteiger partial charge in [-0.05, 0) is 36.1 Å². The maximum Gasteiger partial charge on any atom is 0.352 e. The Labute approximate surface area is 318 Å². The highest BCUT2D eigenvalue weighted by molar-refractivity contribution is 8.00. The molecule has 2 amide bonds. The fourth-order valence-electron chi connectivity index (χ4n) is 5.95. The van der Waals surface area contributed by atoms with Crippen molar-refractivity contribution < 1.29 is 34.2 Å². The first-order valence-corrected chi connectivity index (χ1v) is 18.8. The number of thioether (sulfide) groups is 1. The Balaban J connectivity index is 1.35. The molecule has 3 aromatic carbocycles. The lowest BCUT2D eigenvalue weighted by atomic mass is 9.77. The molecule has 0 radical (unpaired) electrons. The third-order valence-electron chi connectivity index (χ3n) is 8.65. The molecule has 2 aliphatic heterocycles. The molecule has 1 aromatic heterocycles. The van der Waals surface area contributed by atoms with E-state index in [1.807, 2.05) is 91.0 Å². The number of β-lactam (4-membered cyclic amide) rings is 1. The highest BCUT2D eigenvalue weighted by Gasteiger charge is 2.54. The largest absolute Gasteiger partial charge is 0.478 e. The molecule has 0 spiro atoms. The zero-order valence-corrected chi connectivity index (χ0v) is 30.8. The first-order valence-electron chi connectivity index (χ1n) is 16.3. The minimum atomic E-state index is -1.82. The van der Waals surface area contributed by atoms with Gasteiger partial charge in [-0.3, -0.25) is 14.5 Å². The number of carbonyl (C=O) groups is 4. The quantitative estimate of drug-likeness (QED) is 0.0412. The van der Waals surface area contributed by atoms with Crippen LogP contribution in [0.25, 0.3) is 0 Å².